The quantitative estimate of drug-likeness (QED) is 0.0851. The van der Waals surface area contributed by atoms with E-state index in [1.807, 2.05) is 0 Å². The average molecular weight is 1500 g/mol. The van der Waals surface area contributed by atoms with Gasteiger partial charge in [-0.05, 0) is 245 Å². The molecule has 0 radical (unpaired) electrons. The second-order valence-corrected chi connectivity index (χ2v) is 30.4. The number of fused-ring (bicyclic) bond motifs is 6. The van der Waals surface area contributed by atoms with E-state index >= 15 is 0 Å². The molecule has 0 amide bonds. The minimum atomic E-state index is 1.07. The Morgan fingerprint density at radius 1 is 0.119 bits per heavy atom. The summed E-state index contributed by atoms with van der Waals surface area (Å²) in [6.45, 7) is 0. The van der Waals surface area contributed by atoms with E-state index in [4.69, 9.17) is 0 Å². The van der Waals surface area contributed by atoms with Crippen LogP contribution < -0.4 is 9.80 Å². The maximum absolute atomic E-state index is 2.39. The largest absolute Gasteiger partial charge is 0.311 e. The molecule has 0 unspecified atom stereocenters. The van der Waals surface area contributed by atoms with Crippen molar-refractivity contribution in [2.24, 2.45) is 0 Å². The minimum Gasteiger partial charge on any atom is -0.311 e. The monoisotopic (exact) mass is 1500 g/mol. The van der Waals surface area contributed by atoms with Crippen LogP contribution in [0.5, 0.6) is 0 Å². The van der Waals surface area contributed by atoms with Crippen molar-refractivity contribution in [2.45, 2.75) is 0 Å². The molecule has 0 spiro atoms. The molecule has 0 atom stereocenters. The second-order valence-electron chi connectivity index (χ2n) is 30.4. The predicted octanol–water partition coefficient (Wildman–Crippen LogP) is 31.5. The number of aromatic nitrogens is 2. The van der Waals surface area contributed by atoms with E-state index in [2.05, 4.69) is 492 Å². The van der Waals surface area contributed by atoms with Gasteiger partial charge >= 0.3 is 0 Å². The summed E-state index contributed by atoms with van der Waals surface area (Å²) in [6.07, 6.45) is 0. The molecule has 4 heteroatoms. The number of benzene rings is 19. The van der Waals surface area contributed by atoms with Gasteiger partial charge in [0.25, 0.3) is 0 Å². The summed E-state index contributed by atoms with van der Waals surface area (Å²) in [4.78, 5) is 4.72. The third-order valence-corrected chi connectivity index (χ3v) is 23.4. The predicted molar refractivity (Wildman–Crippen MR) is 499 cm³/mol. The molecule has 2 aromatic heterocycles. The molecule has 4 nitrogen and oxygen atoms in total. The first-order chi connectivity index (χ1) is 58.5. The van der Waals surface area contributed by atoms with Crippen LogP contribution in [0.1, 0.15) is 0 Å². The Balaban J connectivity index is 0.515. The summed E-state index contributed by atoms with van der Waals surface area (Å²) in [7, 11) is 0. The summed E-state index contributed by atoms with van der Waals surface area (Å²) in [6, 6.07) is 172. The molecule has 554 valence electrons. The molecule has 118 heavy (non-hydrogen) atoms. The fourth-order valence-electron chi connectivity index (χ4n) is 17.3. The van der Waals surface area contributed by atoms with Gasteiger partial charge in [0.1, 0.15) is 0 Å². The van der Waals surface area contributed by atoms with Crippen LogP contribution in [0.3, 0.4) is 0 Å². The molecule has 0 aliphatic rings. The summed E-state index contributed by atoms with van der Waals surface area (Å²) in [5.74, 6) is 0. The molecule has 21 rings (SSSR count). The molecule has 0 fully saturated rings. The molecule has 0 aliphatic heterocycles. The molecular weight excluding hydrogens is 1430 g/mol. The average Bonchev–Trinajstić information content (AvgIpc) is 1.60. The Bertz CT molecular complexity index is 7130. The molecule has 0 saturated heterocycles. The number of anilines is 6. The summed E-state index contributed by atoms with van der Waals surface area (Å²) < 4.78 is 4.77. The standard InChI is InChI=1S/C114H78N4/c1-5-17-79(18-6-1)82-29-31-87(32-30-82)92-47-63-102(64-48-92)116(105-71-55-95(56-72-105)97-59-75-113-109(77-97)107-25-13-15-27-111(107)117(113)99-23-11-4-12-24-99)103-67-51-94(52-68-103)89-43-39-86(40-44-89)84-35-33-83(34-36-84)85-37-41-88(42-38-85)93-49-65-101(66-50-93)115(100-61-45-90(46-62-100)80-19-7-2-8-20-80)104-69-57-96(58-70-104)98-60-76-114-110(78-98)108-26-14-16-28-112(108)118(114)106-73-53-91(54-74-106)81-21-9-3-10-22-81/h1-78H. The van der Waals surface area contributed by atoms with Gasteiger partial charge in [-0.25, -0.2) is 0 Å². The number of hydrogen-bond acceptors (Lipinski definition) is 2. The molecule has 0 saturated carbocycles. The van der Waals surface area contributed by atoms with Crippen LogP contribution in [0.15, 0.2) is 473 Å². The normalized spacial score (nSPS) is 11.4. The van der Waals surface area contributed by atoms with Crippen molar-refractivity contribution >= 4 is 77.7 Å². The lowest BCUT2D eigenvalue weighted by molar-refractivity contribution is 1.18. The third-order valence-electron chi connectivity index (χ3n) is 23.4. The SMILES string of the molecule is c1ccc(-c2ccc(-c3ccc(N(c4ccc(-c5ccc(-c6ccc(-c7ccc(-c8ccc(N(c9ccc(-c%10ccccc%10)cc9)c9ccc(-c%10ccc%11c(c%10)c%10ccccc%10n%11-c%10ccc(-c%11ccccc%11)cc%10)cc9)cc8)cc7)cc6)cc5)cc4)c4ccc(-c5ccc6c(c5)c5ccccc5n6-c5ccccc5)cc4)cc3)cc2)cc1. The van der Waals surface area contributed by atoms with Crippen molar-refractivity contribution in [3.63, 3.8) is 0 Å². The molecular formula is C114H78N4. The number of para-hydroxylation sites is 3. The van der Waals surface area contributed by atoms with E-state index in [0.29, 0.717) is 0 Å². The second kappa shape index (κ2) is 30.7. The first-order valence-corrected chi connectivity index (χ1v) is 40.5. The highest BCUT2D eigenvalue weighted by Gasteiger charge is 2.21. The zero-order valence-corrected chi connectivity index (χ0v) is 64.8. The summed E-state index contributed by atoms with van der Waals surface area (Å²) in [5, 5.41) is 4.94. The lowest BCUT2D eigenvalue weighted by Crippen LogP contribution is -2.09. The lowest BCUT2D eigenvalue weighted by Gasteiger charge is -2.26. The maximum Gasteiger partial charge on any atom is 0.0541 e. The highest BCUT2D eigenvalue weighted by atomic mass is 15.1. The Labute approximate surface area is 687 Å². The number of rotatable bonds is 18. The van der Waals surface area contributed by atoms with Gasteiger partial charge in [0, 0.05) is 67.0 Å². The van der Waals surface area contributed by atoms with Gasteiger partial charge in [-0.15, -0.1) is 0 Å². The van der Waals surface area contributed by atoms with Crippen molar-refractivity contribution in [2.75, 3.05) is 9.80 Å². The van der Waals surface area contributed by atoms with E-state index in [1.165, 1.54) is 122 Å². The fraction of sp³-hybridized carbons (Fsp3) is 0. The van der Waals surface area contributed by atoms with Crippen LogP contribution >= 0.6 is 0 Å². The fourth-order valence-corrected chi connectivity index (χ4v) is 17.3. The summed E-state index contributed by atoms with van der Waals surface area (Å²) in [5.41, 5.74) is 37.1. The first kappa shape index (κ1) is 70.3. The number of nitrogens with zero attached hydrogens (tertiary/aromatic N) is 4. The van der Waals surface area contributed by atoms with Gasteiger partial charge in [-0.1, -0.05) is 340 Å². The van der Waals surface area contributed by atoms with Crippen LogP contribution in [-0.2, 0) is 0 Å². The van der Waals surface area contributed by atoms with E-state index in [0.717, 1.165) is 78.9 Å². The summed E-state index contributed by atoms with van der Waals surface area (Å²) >= 11 is 0. The van der Waals surface area contributed by atoms with Gasteiger partial charge < -0.3 is 18.9 Å². The van der Waals surface area contributed by atoms with Crippen LogP contribution in [0.25, 0.3) is 166 Å². The smallest absolute Gasteiger partial charge is 0.0541 e. The zero-order valence-electron chi connectivity index (χ0n) is 64.8. The van der Waals surface area contributed by atoms with Gasteiger partial charge in [0.15, 0.2) is 0 Å². The van der Waals surface area contributed by atoms with Crippen molar-refractivity contribution in [3.05, 3.63) is 473 Å². The van der Waals surface area contributed by atoms with E-state index in [-0.39, 0.29) is 0 Å². The number of hydrogen-bond donors (Lipinski definition) is 0. The van der Waals surface area contributed by atoms with Crippen molar-refractivity contribution in [1.29, 1.82) is 0 Å². The van der Waals surface area contributed by atoms with Gasteiger partial charge in [0.2, 0.25) is 0 Å². The van der Waals surface area contributed by atoms with Crippen LogP contribution in [-0.4, -0.2) is 9.13 Å². The molecule has 0 bridgehead atoms. The Morgan fingerprint density at radius 2 is 0.288 bits per heavy atom. The van der Waals surface area contributed by atoms with Crippen molar-refractivity contribution in [3.8, 4) is 123 Å². The Hall–Kier alpha value is -15.6. The minimum absolute atomic E-state index is 1.07. The van der Waals surface area contributed by atoms with Crippen LogP contribution in [0, 0.1) is 0 Å². The molecule has 2 heterocycles. The zero-order chi connectivity index (χ0) is 78.2. The Morgan fingerprint density at radius 3 is 0.542 bits per heavy atom. The van der Waals surface area contributed by atoms with Gasteiger partial charge in [0.05, 0.1) is 22.1 Å². The highest BCUT2D eigenvalue weighted by molar-refractivity contribution is 6.12. The van der Waals surface area contributed by atoms with E-state index < -0.39 is 0 Å². The topological polar surface area (TPSA) is 16.3 Å². The van der Waals surface area contributed by atoms with Gasteiger partial charge in [-0.3, -0.25) is 0 Å². The maximum atomic E-state index is 2.39. The highest BCUT2D eigenvalue weighted by Crippen LogP contribution is 2.44. The Kier molecular flexibility index (Phi) is 18.3. The van der Waals surface area contributed by atoms with Gasteiger partial charge in [-0.2, -0.15) is 0 Å². The molecule has 0 aliphatic carbocycles. The molecule has 21 aromatic rings. The third kappa shape index (κ3) is 13.6. The van der Waals surface area contributed by atoms with Crippen LogP contribution in [0.4, 0.5) is 34.1 Å². The van der Waals surface area contributed by atoms with Crippen molar-refractivity contribution in [1.82, 2.24) is 9.13 Å². The van der Waals surface area contributed by atoms with E-state index in [9.17, 15) is 0 Å². The molecule has 19 aromatic carbocycles. The van der Waals surface area contributed by atoms with Crippen LogP contribution in [0.2, 0.25) is 0 Å². The molecule has 0 N–H and O–H groups in total. The van der Waals surface area contributed by atoms with Crippen molar-refractivity contribution < 1.29 is 0 Å². The lowest BCUT2D eigenvalue weighted by atomic mass is 9.97. The first-order valence-electron chi connectivity index (χ1n) is 40.5. The van der Waals surface area contributed by atoms with E-state index in [1.54, 1.807) is 0 Å².